The zero-order valence-electron chi connectivity index (χ0n) is 19.5. The van der Waals surface area contributed by atoms with Crippen molar-refractivity contribution in [2.45, 2.75) is 58.4 Å². The van der Waals surface area contributed by atoms with Crippen molar-refractivity contribution in [1.29, 1.82) is 0 Å². The summed E-state index contributed by atoms with van der Waals surface area (Å²) in [5, 5.41) is 6.72. The smallest absolute Gasteiger partial charge is 0.254 e. The summed E-state index contributed by atoms with van der Waals surface area (Å²) in [6.07, 6.45) is 1.58. The Labute approximate surface area is 208 Å². The Hall–Kier alpha value is -1.88. The summed E-state index contributed by atoms with van der Waals surface area (Å²) in [6.45, 7) is 9.23. The Morgan fingerprint density at radius 2 is 1.75 bits per heavy atom. The van der Waals surface area contributed by atoms with Gasteiger partial charge in [0.25, 0.3) is 5.91 Å². The molecule has 32 heavy (non-hydrogen) atoms. The van der Waals surface area contributed by atoms with Crippen LogP contribution in [-0.2, 0) is 16.1 Å². The number of amides is 2. The van der Waals surface area contributed by atoms with Gasteiger partial charge in [0.05, 0.1) is 12.2 Å². The molecule has 2 fully saturated rings. The number of carbonyl (C=O) groups is 2. The van der Waals surface area contributed by atoms with Crippen molar-refractivity contribution < 1.29 is 14.3 Å². The van der Waals surface area contributed by atoms with Gasteiger partial charge in [-0.15, -0.1) is 24.0 Å². The SMILES string of the molecule is CCC(=O)N1CCC(NC(=NC)NCc2ccc(C(=O)N3CC(C)OC(C)C3)cc2)C1.I. The second-order valence-electron chi connectivity index (χ2n) is 8.41. The molecule has 2 aliphatic rings. The van der Waals surface area contributed by atoms with E-state index in [1.54, 1.807) is 7.05 Å². The minimum atomic E-state index is 0. The molecule has 3 unspecified atom stereocenters. The summed E-state index contributed by atoms with van der Waals surface area (Å²) in [5.74, 6) is 0.960. The summed E-state index contributed by atoms with van der Waals surface area (Å²) in [6, 6.07) is 7.91. The third-order valence-electron chi connectivity index (χ3n) is 5.78. The number of likely N-dealkylation sites (tertiary alicyclic amines) is 1. The summed E-state index contributed by atoms with van der Waals surface area (Å²) in [7, 11) is 1.74. The third-order valence-corrected chi connectivity index (χ3v) is 5.78. The van der Waals surface area contributed by atoms with Crippen LogP contribution in [0.15, 0.2) is 29.3 Å². The van der Waals surface area contributed by atoms with E-state index in [9.17, 15) is 9.59 Å². The van der Waals surface area contributed by atoms with Gasteiger partial charge in [-0.25, -0.2) is 0 Å². The van der Waals surface area contributed by atoms with Gasteiger partial charge in [0.15, 0.2) is 5.96 Å². The average Bonchev–Trinajstić information content (AvgIpc) is 3.23. The Balaban J connectivity index is 0.00000363. The van der Waals surface area contributed by atoms with Gasteiger partial charge in [0.1, 0.15) is 0 Å². The first kappa shape index (κ1) is 26.4. The molecule has 0 spiro atoms. The zero-order valence-corrected chi connectivity index (χ0v) is 21.8. The number of hydrogen-bond acceptors (Lipinski definition) is 4. The van der Waals surface area contributed by atoms with Gasteiger partial charge in [-0.2, -0.15) is 0 Å². The van der Waals surface area contributed by atoms with Crippen LogP contribution >= 0.6 is 24.0 Å². The van der Waals surface area contributed by atoms with Gasteiger partial charge < -0.3 is 25.2 Å². The molecule has 0 saturated carbocycles. The van der Waals surface area contributed by atoms with Gasteiger partial charge in [-0.05, 0) is 38.0 Å². The lowest BCUT2D eigenvalue weighted by Gasteiger charge is -2.35. The van der Waals surface area contributed by atoms with Crippen molar-refractivity contribution >= 4 is 41.8 Å². The molecule has 0 bridgehead atoms. The molecule has 3 rings (SSSR count). The molecule has 178 valence electrons. The van der Waals surface area contributed by atoms with Crippen LogP contribution in [0.5, 0.6) is 0 Å². The minimum Gasteiger partial charge on any atom is -0.372 e. The van der Waals surface area contributed by atoms with Gasteiger partial charge in [-0.3, -0.25) is 14.6 Å². The van der Waals surface area contributed by atoms with Gasteiger partial charge in [0.2, 0.25) is 5.91 Å². The normalized spacial score (nSPS) is 23.5. The number of morpholine rings is 1. The van der Waals surface area contributed by atoms with E-state index in [1.165, 1.54) is 0 Å². The van der Waals surface area contributed by atoms with E-state index in [4.69, 9.17) is 4.74 Å². The third kappa shape index (κ3) is 7.06. The molecule has 2 amide bonds. The monoisotopic (exact) mass is 557 g/mol. The van der Waals surface area contributed by atoms with Crippen LogP contribution in [0.2, 0.25) is 0 Å². The van der Waals surface area contributed by atoms with Crippen LogP contribution in [0.1, 0.15) is 49.5 Å². The Bertz CT molecular complexity index is 791. The number of aliphatic imine (C=N–C) groups is 1. The van der Waals surface area contributed by atoms with E-state index >= 15 is 0 Å². The van der Waals surface area contributed by atoms with E-state index < -0.39 is 0 Å². The topological polar surface area (TPSA) is 86.3 Å². The van der Waals surface area contributed by atoms with Crippen LogP contribution in [0.3, 0.4) is 0 Å². The summed E-state index contributed by atoms with van der Waals surface area (Å²) < 4.78 is 5.72. The summed E-state index contributed by atoms with van der Waals surface area (Å²) in [4.78, 5) is 32.7. The Morgan fingerprint density at radius 1 is 1.09 bits per heavy atom. The number of rotatable bonds is 5. The van der Waals surface area contributed by atoms with E-state index in [-0.39, 0.29) is 54.0 Å². The number of ether oxygens (including phenoxy) is 1. The fourth-order valence-electron chi connectivity index (χ4n) is 4.19. The molecule has 2 saturated heterocycles. The van der Waals surface area contributed by atoms with Crippen LogP contribution in [-0.4, -0.2) is 79.1 Å². The molecule has 3 atom stereocenters. The van der Waals surface area contributed by atoms with E-state index in [2.05, 4.69) is 15.6 Å². The maximum Gasteiger partial charge on any atom is 0.254 e. The molecule has 0 radical (unpaired) electrons. The number of carbonyl (C=O) groups excluding carboxylic acids is 2. The average molecular weight is 557 g/mol. The zero-order chi connectivity index (χ0) is 22.4. The molecular weight excluding hydrogens is 521 g/mol. The highest BCUT2D eigenvalue weighted by Crippen LogP contribution is 2.15. The van der Waals surface area contributed by atoms with Crippen molar-refractivity contribution in [3.8, 4) is 0 Å². The molecule has 8 nitrogen and oxygen atoms in total. The van der Waals surface area contributed by atoms with Gasteiger partial charge >= 0.3 is 0 Å². The van der Waals surface area contributed by atoms with Gasteiger partial charge in [0, 0.05) is 57.8 Å². The van der Waals surface area contributed by atoms with Crippen molar-refractivity contribution in [3.63, 3.8) is 0 Å². The van der Waals surface area contributed by atoms with Crippen molar-refractivity contribution in [1.82, 2.24) is 20.4 Å². The molecule has 0 aliphatic carbocycles. The number of hydrogen-bond donors (Lipinski definition) is 2. The lowest BCUT2D eigenvalue weighted by atomic mass is 10.1. The fourth-order valence-corrected chi connectivity index (χ4v) is 4.19. The minimum absolute atomic E-state index is 0. The molecule has 2 heterocycles. The van der Waals surface area contributed by atoms with Crippen molar-refractivity contribution in [3.05, 3.63) is 35.4 Å². The number of nitrogens with one attached hydrogen (secondary N) is 2. The van der Waals surface area contributed by atoms with Gasteiger partial charge in [-0.1, -0.05) is 19.1 Å². The lowest BCUT2D eigenvalue weighted by molar-refractivity contribution is -0.129. The summed E-state index contributed by atoms with van der Waals surface area (Å²) >= 11 is 0. The fraction of sp³-hybridized carbons (Fsp3) is 0.609. The number of guanidine groups is 1. The molecule has 2 N–H and O–H groups in total. The van der Waals surface area contributed by atoms with Crippen LogP contribution in [0.4, 0.5) is 0 Å². The molecule has 9 heteroatoms. The van der Waals surface area contributed by atoms with E-state index in [0.29, 0.717) is 44.1 Å². The lowest BCUT2D eigenvalue weighted by Crippen LogP contribution is -2.48. The maximum absolute atomic E-state index is 12.8. The quantitative estimate of drug-likeness (QED) is 0.330. The maximum atomic E-state index is 12.8. The van der Waals surface area contributed by atoms with E-state index in [1.807, 2.05) is 54.8 Å². The first-order valence-electron chi connectivity index (χ1n) is 11.2. The molecule has 0 aromatic heterocycles. The standard InChI is InChI=1S/C23H35N5O3.HI/c1-5-21(29)27-11-10-20(15-27)26-23(24-4)25-12-18-6-8-19(9-7-18)22(30)28-13-16(2)31-17(3)14-28;/h6-9,16-17,20H,5,10-15H2,1-4H3,(H2,24,25,26);1H. The highest BCUT2D eigenvalue weighted by atomic mass is 127. The predicted octanol–water partition coefficient (Wildman–Crippen LogP) is 2.23. The molecule has 1 aromatic rings. The van der Waals surface area contributed by atoms with E-state index in [0.717, 1.165) is 18.5 Å². The van der Waals surface area contributed by atoms with Crippen molar-refractivity contribution in [2.75, 3.05) is 33.2 Å². The largest absolute Gasteiger partial charge is 0.372 e. The number of nitrogens with zero attached hydrogens (tertiary/aromatic N) is 3. The molecule has 1 aromatic carbocycles. The van der Waals surface area contributed by atoms with Crippen LogP contribution < -0.4 is 10.6 Å². The molecular formula is C23H36IN5O3. The van der Waals surface area contributed by atoms with Crippen molar-refractivity contribution in [2.24, 2.45) is 4.99 Å². The second kappa shape index (κ2) is 12.4. The number of benzene rings is 1. The second-order valence-corrected chi connectivity index (χ2v) is 8.41. The molecule has 2 aliphatic heterocycles. The number of halogens is 1. The highest BCUT2D eigenvalue weighted by molar-refractivity contribution is 14.0. The first-order valence-corrected chi connectivity index (χ1v) is 11.2. The van der Waals surface area contributed by atoms with Crippen LogP contribution in [0, 0.1) is 0 Å². The Morgan fingerprint density at radius 3 is 2.34 bits per heavy atom. The summed E-state index contributed by atoms with van der Waals surface area (Å²) in [5.41, 5.74) is 1.76. The first-order chi connectivity index (χ1) is 14.9. The highest BCUT2D eigenvalue weighted by Gasteiger charge is 2.27. The predicted molar refractivity (Wildman–Crippen MR) is 136 cm³/mol. The Kier molecular flexibility index (Phi) is 10.2. The van der Waals surface area contributed by atoms with Crippen LogP contribution in [0.25, 0.3) is 0 Å².